The van der Waals surface area contributed by atoms with Crippen LogP contribution in [0.15, 0.2) is 0 Å². The van der Waals surface area contributed by atoms with Crippen LogP contribution < -0.4 is 0 Å². The molecule has 2 rings (SSSR count). The van der Waals surface area contributed by atoms with E-state index in [4.69, 9.17) is 4.74 Å². The van der Waals surface area contributed by atoms with E-state index in [2.05, 4.69) is 22.6 Å². The van der Waals surface area contributed by atoms with E-state index in [9.17, 15) is 4.79 Å². The Morgan fingerprint density at radius 1 is 1.33 bits per heavy atom. The second kappa shape index (κ2) is 5.17. The molecule has 3 nitrogen and oxygen atoms in total. The molecule has 0 aromatic rings. The molecule has 1 aliphatic carbocycles. The summed E-state index contributed by atoms with van der Waals surface area (Å²) in [4.78, 5) is 13.8. The van der Waals surface area contributed by atoms with Crippen molar-refractivity contribution in [1.29, 1.82) is 0 Å². The number of halogens is 1. The van der Waals surface area contributed by atoms with E-state index in [-0.39, 0.29) is 11.7 Å². The smallest absolute Gasteiger partial charge is 0.410 e. The summed E-state index contributed by atoms with van der Waals surface area (Å²) in [5.74, 6) is 0.909. The van der Waals surface area contributed by atoms with Crippen LogP contribution in [-0.2, 0) is 4.74 Å². The highest BCUT2D eigenvalue weighted by Gasteiger charge is 2.47. The highest BCUT2D eigenvalue weighted by molar-refractivity contribution is 14.1. The molecule has 0 atom stereocenters. The standard InChI is InChI=1S/C14H24INO2/c1-13(2,3)18-12(17)16-9-14(10-16)6-4-11(8-15)5-7-14/h11H,4-10H2,1-3H3. The molecule has 1 heterocycles. The van der Waals surface area contributed by atoms with Crippen molar-refractivity contribution in [3.8, 4) is 0 Å². The molecule has 0 unspecified atom stereocenters. The largest absolute Gasteiger partial charge is 0.444 e. The number of carbonyl (C=O) groups is 1. The Morgan fingerprint density at radius 2 is 1.89 bits per heavy atom. The highest BCUT2D eigenvalue weighted by atomic mass is 127. The maximum Gasteiger partial charge on any atom is 0.410 e. The Hall–Kier alpha value is 0. The van der Waals surface area contributed by atoms with Crippen molar-refractivity contribution in [3.05, 3.63) is 0 Å². The highest BCUT2D eigenvalue weighted by Crippen LogP contribution is 2.46. The van der Waals surface area contributed by atoms with Crippen molar-refractivity contribution in [3.63, 3.8) is 0 Å². The van der Waals surface area contributed by atoms with Gasteiger partial charge >= 0.3 is 6.09 Å². The number of rotatable bonds is 1. The average Bonchev–Trinajstić information content (AvgIpc) is 2.23. The molecule has 4 heteroatoms. The molecule has 0 aromatic heterocycles. The molecule has 2 fully saturated rings. The van der Waals surface area contributed by atoms with Gasteiger partial charge in [0.15, 0.2) is 0 Å². The summed E-state index contributed by atoms with van der Waals surface area (Å²) in [6, 6.07) is 0. The fourth-order valence-corrected chi connectivity index (χ4v) is 3.86. The normalized spacial score (nSPS) is 23.9. The predicted octanol–water partition coefficient (Wildman–Crippen LogP) is 3.85. The van der Waals surface area contributed by atoms with Crippen molar-refractivity contribution in [2.75, 3.05) is 17.5 Å². The minimum absolute atomic E-state index is 0.135. The Kier molecular flexibility index (Phi) is 4.14. The third-order valence-corrected chi connectivity index (χ3v) is 5.33. The zero-order valence-corrected chi connectivity index (χ0v) is 13.8. The molecule has 1 saturated carbocycles. The predicted molar refractivity (Wildman–Crippen MR) is 81.1 cm³/mol. The summed E-state index contributed by atoms with van der Waals surface area (Å²) in [6.07, 6.45) is 5.12. The van der Waals surface area contributed by atoms with Crippen LogP contribution in [0.1, 0.15) is 46.5 Å². The van der Waals surface area contributed by atoms with Crippen molar-refractivity contribution in [2.45, 2.75) is 52.1 Å². The molecule has 0 radical (unpaired) electrons. The maximum atomic E-state index is 11.9. The molecule has 1 spiro atoms. The van der Waals surface area contributed by atoms with Gasteiger partial charge in [0, 0.05) is 22.9 Å². The van der Waals surface area contributed by atoms with E-state index in [1.165, 1.54) is 30.1 Å². The van der Waals surface area contributed by atoms with Gasteiger partial charge in [0.1, 0.15) is 5.60 Å². The number of alkyl halides is 1. The summed E-state index contributed by atoms with van der Waals surface area (Å²) in [5, 5.41) is 0. The van der Waals surface area contributed by atoms with Gasteiger partial charge in [-0.15, -0.1) is 0 Å². The third-order valence-electron chi connectivity index (χ3n) is 4.09. The lowest BCUT2D eigenvalue weighted by molar-refractivity contribution is -0.0529. The fourth-order valence-electron chi connectivity index (χ4n) is 2.98. The van der Waals surface area contributed by atoms with Crippen LogP contribution in [0.5, 0.6) is 0 Å². The number of amides is 1. The molecule has 0 bridgehead atoms. The Morgan fingerprint density at radius 3 is 2.33 bits per heavy atom. The van der Waals surface area contributed by atoms with E-state index in [0.717, 1.165) is 19.0 Å². The van der Waals surface area contributed by atoms with Crippen molar-refractivity contribution < 1.29 is 9.53 Å². The zero-order valence-electron chi connectivity index (χ0n) is 11.7. The van der Waals surface area contributed by atoms with E-state index in [1.54, 1.807) is 0 Å². The summed E-state index contributed by atoms with van der Waals surface area (Å²) in [7, 11) is 0. The van der Waals surface area contributed by atoms with Crippen LogP contribution in [0.2, 0.25) is 0 Å². The average molecular weight is 365 g/mol. The lowest BCUT2D eigenvalue weighted by Gasteiger charge is -2.53. The number of hydrogen-bond acceptors (Lipinski definition) is 2. The molecule has 0 aromatic carbocycles. The minimum atomic E-state index is -0.376. The van der Waals surface area contributed by atoms with E-state index >= 15 is 0 Å². The molecule has 1 amide bonds. The van der Waals surface area contributed by atoms with Gasteiger partial charge < -0.3 is 9.64 Å². The monoisotopic (exact) mass is 365 g/mol. The minimum Gasteiger partial charge on any atom is -0.444 e. The first-order chi connectivity index (χ1) is 8.34. The molecule has 1 saturated heterocycles. The van der Waals surface area contributed by atoms with Gasteiger partial charge in [-0.2, -0.15) is 0 Å². The quantitative estimate of drug-likeness (QED) is 0.522. The maximum absolute atomic E-state index is 11.9. The first kappa shape index (κ1) is 14.4. The molecular weight excluding hydrogens is 341 g/mol. The summed E-state index contributed by atoms with van der Waals surface area (Å²) in [6.45, 7) is 7.59. The van der Waals surface area contributed by atoms with Gasteiger partial charge in [-0.1, -0.05) is 22.6 Å². The van der Waals surface area contributed by atoms with Crippen LogP contribution in [0.4, 0.5) is 4.79 Å². The molecule has 104 valence electrons. The zero-order chi connectivity index (χ0) is 13.4. The van der Waals surface area contributed by atoms with Crippen molar-refractivity contribution in [1.82, 2.24) is 4.90 Å². The van der Waals surface area contributed by atoms with Crippen molar-refractivity contribution >= 4 is 28.7 Å². The molecule has 2 aliphatic rings. The lowest BCUT2D eigenvalue weighted by Crippen LogP contribution is -2.60. The summed E-state index contributed by atoms with van der Waals surface area (Å²) in [5.41, 5.74) is 0.0535. The fraction of sp³-hybridized carbons (Fsp3) is 0.929. The molecular formula is C14H24INO2. The Balaban J connectivity index is 1.78. The van der Waals surface area contributed by atoms with E-state index in [0.29, 0.717) is 5.41 Å². The van der Waals surface area contributed by atoms with E-state index in [1.807, 2.05) is 25.7 Å². The van der Waals surface area contributed by atoms with Gasteiger partial charge in [-0.05, 0) is 52.4 Å². The topological polar surface area (TPSA) is 29.5 Å². The Labute approximate surface area is 124 Å². The molecule has 0 N–H and O–H groups in total. The number of likely N-dealkylation sites (tertiary alicyclic amines) is 1. The number of nitrogens with zero attached hydrogens (tertiary/aromatic N) is 1. The van der Waals surface area contributed by atoms with Gasteiger partial charge in [-0.25, -0.2) is 4.79 Å². The molecule has 18 heavy (non-hydrogen) atoms. The number of carbonyl (C=O) groups excluding carboxylic acids is 1. The number of ether oxygens (including phenoxy) is 1. The SMILES string of the molecule is CC(C)(C)OC(=O)N1CC2(CCC(CI)CC2)C1. The summed E-state index contributed by atoms with van der Waals surface area (Å²) < 4.78 is 6.69. The lowest BCUT2D eigenvalue weighted by atomic mass is 9.66. The van der Waals surface area contributed by atoms with Gasteiger partial charge in [0.25, 0.3) is 0 Å². The van der Waals surface area contributed by atoms with Crippen LogP contribution in [0, 0.1) is 11.3 Å². The summed E-state index contributed by atoms with van der Waals surface area (Å²) >= 11 is 2.49. The third kappa shape index (κ3) is 3.31. The van der Waals surface area contributed by atoms with Gasteiger partial charge in [0.05, 0.1) is 0 Å². The van der Waals surface area contributed by atoms with Crippen LogP contribution in [-0.4, -0.2) is 34.1 Å². The number of hydrogen-bond donors (Lipinski definition) is 0. The van der Waals surface area contributed by atoms with Crippen molar-refractivity contribution in [2.24, 2.45) is 11.3 Å². The van der Waals surface area contributed by atoms with E-state index < -0.39 is 0 Å². The Bertz CT molecular complexity index is 308. The first-order valence-corrected chi connectivity index (χ1v) is 8.40. The van der Waals surface area contributed by atoms with Crippen LogP contribution in [0.3, 0.4) is 0 Å². The van der Waals surface area contributed by atoms with Crippen LogP contribution >= 0.6 is 22.6 Å². The van der Waals surface area contributed by atoms with Crippen LogP contribution in [0.25, 0.3) is 0 Å². The van der Waals surface area contributed by atoms with Gasteiger partial charge in [0.2, 0.25) is 0 Å². The molecule has 1 aliphatic heterocycles. The first-order valence-electron chi connectivity index (χ1n) is 6.87. The second-order valence-electron chi connectivity index (χ2n) is 6.93. The van der Waals surface area contributed by atoms with Gasteiger partial charge in [-0.3, -0.25) is 0 Å². The second-order valence-corrected chi connectivity index (χ2v) is 7.81.